The van der Waals surface area contributed by atoms with Crippen molar-refractivity contribution >= 4 is 23.0 Å². The van der Waals surface area contributed by atoms with E-state index >= 15 is 0 Å². The van der Waals surface area contributed by atoms with Crippen LogP contribution in [0.3, 0.4) is 0 Å². The van der Waals surface area contributed by atoms with E-state index in [9.17, 15) is 0 Å². The lowest BCUT2D eigenvalue weighted by atomic mass is 10.1. The third-order valence-corrected chi connectivity index (χ3v) is 2.04. The summed E-state index contributed by atoms with van der Waals surface area (Å²) in [7, 11) is 0. The standard InChI is InChI=1S/C5H9IO3/c6-9-5-3-8-2-1-4(5)7/h4-5,7H,1-3H2. The zero-order chi connectivity index (χ0) is 6.69. The fourth-order valence-electron chi connectivity index (χ4n) is 0.786. The Kier molecular flexibility index (Phi) is 3.17. The molecule has 1 aliphatic heterocycles. The average molecular weight is 244 g/mol. The lowest BCUT2D eigenvalue weighted by molar-refractivity contribution is -0.0587. The van der Waals surface area contributed by atoms with Gasteiger partial charge in [0.2, 0.25) is 0 Å². The number of aliphatic hydroxyl groups is 1. The minimum absolute atomic E-state index is 0.126. The van der Waals surface area contributed by atoms with Crippen LogP contribution in [0.25, 0.3) is 0 Å². The molecule has 1 fully saturated rings. The van der Waals surface area contributed by atoms with Crippen LogP contribution in [-0.4, -0.2) is 30.5 Å². The summed E-state index contributed by atoms with van der Waals surface area (Å²) in [6, 6.07) is 0. The Hall–Kier alpha value is 0.610. The van der Waals surface area contributed by atoms with E-state index in [1.54, 1.807) is 23.0 Å². The number of hydrogen-bond acceptors (Lipinski definition) is 3. The second-order valence-electron chi connectivity index (χ2n) is 2.06. The van der Waals surface area contributed by atoms with Crippen LogP contribution < -0.4 is 0 Å². The van der Waals surface area contributed by atoms with Crippen LogP contribution in [-0.2, 0) is 7.80 Å². The lowest BCUT2D eigenvalue weighted by Crippen LogP contribution is -2.36. The molecule has 1 heterocycles. The van der Waals surface area contributed by atoms with E-state index in [-0.39, 0.29) is 12.2 Å². The van der Waals surface area contributed by atoms with Gasteiger partial charge in [-0.05, 0) is 6.42 Å². The molecule has 0 aromatic heterocycles. The van der Waals surface area contributed by atoms with Crippen LogP contribution in [0.4, 0.5) is 0 Å². The molecular formula is C5H9IO3. The predicted molar refractivity (Wildman–Crippen MR) is 40.3 cm³/mol. The van der Waals surface area contributed by atoms with Crippen molar-refractivity contribution in [3.63, 3.8) is 0 Å². The Bertz CT molecular complexity index is 88.3. The van der Waals surface area contributed by atoms with Crippen molar-refractivity contribution in [3.05, 3.63) is 0 Å². The first-order chi connectivity index (χ1) is 4.34. The Balaban J connectivity index is 2.30. The first-order valence-corrected chi connectivity index (χ1v) is 3.76. The molecule has 1 aliphatic rings. The van der Waals surface area contributed by atoms with E-state index < -0.39 is 0 Å². The van der Waals surface area contributed by atoms with Gasteiger partial charge in [-0.3, -0.25) is 0 Å². The molecule has 0 bridgehead atoms. The number of rotatable bonds is 1. The largest absolute Gasteiger partial charge is 0.390 e. The Labute approximate surface area is 68.0 Å². The fraction of sp³-hybridized carbons (Fsp3) is 1.00. The quantitative estimate of drug-likeness (QED) is 0.683. The van der Waals surface area contributed by atoms with Gasteiger partial charge >= 0.3 is 0 Å². The molecule has 2 unspecified atom stereocenters. The summed E-state index contributed by atoms with van der Waals surface area (Å²) < 4.78 is 9.95. The molecule has 0 radical (unpaired) electrons. The van der Waals surface area contributed by atoms with Gasteiger partial charge < -0.3 is 12.9 Å². The number of aliphatic hydroxyl groups excluding tert-OH is 1. The summed E-state index contributed by atoms with van der Waals surface area (Å²) in [5, 5.41) is 9.16. The SMILES string of the molecule is OC1CCOCC1OI. The number of hydrogen-bond donors (Lipinski definition) is 1. The molecule has 0 spiro atoms. The maximum Gasteiger partial charge on any atom is 0.119 e. The zero-order valence-corrected chi connectivity index (χ0v) is 7.08. The summed E-state index contributed by atoms with van der Waals surface area (Å²) >= 11 is 1.78. The highest BCUT2D eigenvalue weighted by Crippen LogP contribution is 2.12. The van der Waals surface area contributed by atoms with Gasteiger partial charge in [0.05, 0.1) is 12.7 Å². The van der Waals surface area contributed by atoms with E-state index in [2.05, 4.69) is 0 Å². The molecule has 9 heavy (non-hydrogen) atoms. The molecule has 0 amide bonds. The maximum atomic E-state index is 9.16. The molecule has 3 nitrogen and oxygen atoms in total. The third-order valence-electron chi connectivity index (χ3n) is 1.38. The van der Waals surface area contributed by atoms with Crippen molar-refractivity contribution in [1.29, 1.82) is 0 Å². The molecule has 1 N–H and O–H groups in total. The molecule has 1 rings (SSSR count). The van der Waals surface area contributed by atoms with Gasteiger partial charge in [0.1, 0.15) is 29.1 Å². The van der Waals surface area contributed by atoms with Gasteiger partial charge in [-0.15, -0.1) is 0 Å². The highest BCUT2D eigenvalue weighted by atomic mass is 127. The highest BCUT2D eigenvalue weighted by Gasteiger charge is 2.23. The minimum Gasteiger partial charge on any atom is -0.390 e. The van der Waals surface area contributed by atoms with Gasteiger partial charge in [0.25, 0.3) is 0 Å². The second-order valence-corrected chi connectivity index (χ2v) is 2.57. The lowest BCUT2D eigenvalue weighted by Gasteiger charge is -2.24. The molecule has 1 saturated heterocycles. The number of halogens is 1. The smallest absolute Gasteiger partial charge is 0.119 e. The summed E-state index contributed by atoms with van der Waals surface area (Å²) in [4.78, 5) is 0. The monoisotopic (exact) mass is 244 g/mol. The predicted octanol–water partition coefficient (Wildman–Crippen LogP) is 0.503. The van der Waals surface area contributed by atoms with Crippen molar-refractivity contribution in [2.24, 2.45) is 0 Å². The van der Waals surface area contributed by atoms with E-state index in [1.807, 2.05) is 0 Å². The van der Waals surface area contributed by atoms with Crippen molar-refractivity contribution < 1.29 is 12.9 Å². The molecule has 2 atom stereocenters. The molecule has 0 aliphatic carbocycles. The van der Waals surface area contributed by atoms with Crippen molar-refractivity contribution in [2.75, 3.05) is 13.2 Å². The molecule has 54 valence electrons. The topological polar surface area (TPSA) is 38.7 Å². The van der Waals surface area contributed by atoms with Crippen LogP contribution in [0.1, 0.15) is 6.42 Å². The van der Waals surface area contributed by atoms with E-state index in [1.165, 1.54) is 0 Å². The minimum atomic E-state index is -0.337. The first-order valence-electron chi connectivity index (χ1n) is 2.88. The molecule has 0 saturated carbocycles. The van der Waals surface area contributed by atoms with Gasteiger partial charge in [0, 0.05) is 6.61 Å². The normalized spacial score (nSPS) is 36.7. The van der Waals surface area contributed by atoms with Gasteiger partial charge in [-0.2, -0.15) is 0 Å². The highest BCUT2D eigenvalue weighted by molar-refractivity contribution is 14.1. The van der Waals surface area contributed by atoms with Crippen LogP contribution in [0.5, 0.6) is 0 Å². The van der Waals surface area contributed by atoms with Crippen LogP contribution in [0.2, 0.25) is 0 Å². The van der Waals surface area contributed by atoms with Crippen molar-refractivity contribution in [2.45, 2.75) is 18.6 Å². The van der Waals surface area contributed by atoms with Crippen LogP contribution in [0, 0.1) is 0 Å². The third kappa shape index (κ3) is 2.03. The summed E-state index contributed by atoms with van der Waals surface area (Å²) in [6.45, 7) is 1.17. The average Bonchev–Trinajstić information content (AvgIpc) is 1.89. The first kappa shape index (κ1) is 7.71. The van der Waals surface area contributed by atoms with E-state index in [0.717, 1.165) is 0 Å². The molecule has 4 heteroatoms. The second kappa shape index (κ2) is 3.70. The number of ether oxygens (including phenoxy) is 1. The maximum absolute atomic E-state index is 9.16. The Morgan fingerprint density at radius 2 is 2.44 bits per heavy atom. The zero-order valence-electron chi connectivity index (χ0n) is 4.92. The van der Waals surface area contributed by atoms with Crippen LogP contribution in [0.15, 0.2) is 0 Å². The van der Waals surface area contributed by atoms with E-state index in [0.29, 0.717) is 19.6 Å². The van der Waals surface area contributed by atoms with Gasteiger partial charge in [-0.1, -0.05) is 0 Å². The Morgan fingerprint density at radius 3 is 2.89 bits per heavy atom. The summed E-state index contributed by atoms with van der Waals surface area (Å²) in [6.07, 6.45) is 0.225. The van der Waals surface area contributed by atoms with Gasteiger partial charge in [-0.25, -0.2) is 0 Å². The Morgan fingerprint density at radius 1 is 1.67 bits per heavy atom. The molecule has 0 aromatic rings. The van der Waals surface area contributed by atoms with Gasteiger partial charge in [0.15, 0.2) is 0 Å². The molecular weight excluding hydrogens is 235 g/mol. The van der Waals surface area contributed by atoms with Crippen molar-refractivity contribution in [3.8, 4) is 0 Å². The molecule has 0 aromatic carbocycles. The fourth-order valence-corrected chi connectivity index (χ4v) is 1.27. The van der Waals surface area contributed by atoms with E-state index in [4.69, 9.17) is 12.9 Å². The summed E-state index contributed by atoms with van der Waals surface area (Å²) in [5.41, 5.74) is 0. The van der Waals surface area contributed by atoms with Crippen LogP contribution >= 0.6 is 23.0 Å². The summed E-state index contributed by atoms with van der Waals surface area (Å²) in [5.74, 6) is 0. The van der Waals surface area contributed by atoms with Crippen molar-refractivity contribution in [1.82, 2.24) is 0 Å².